The van der Waals surface area contributed by atoms with Crippen molar-refractivity contribution in [2.45, 2.75) is 15.1 Å². The van der Waals surface area contributed by atoms with E-state index in [1.165, 1.54) is 17.8 Å². The fraction of sp³-hybridized carbons (Fsp3) is 0.0769. The molecule has 3 rings (SSSR count). The molecule has 0 bridgehead atoms. The summed E-state index contributed by atoms with van der Waals surface area (Å²) in [7, 11) is -3.34. The standard InChI is InChI=1S/C13H12N4O2S2/c1-21(18,19)11-3-2-6-15-12(11)20-13-16-9-5-4-8(14)7-10(9)17-13/h2-7H,14H2,1H3,(H,16,17). The summed E-state index contributed by atoms with van der Waals surface area (Å²) in [4.78, 5) is 11.8. The third-order valence-corrected chi connectivity index (χ3v) is 4.98. The van der Waals surface area contributed by atoms with Crippen molar-refractivity contribution in [3.8, 4) is 0 Å². The van der Waals surface area contributed by atoms with E-state index < -0.39 is 9.84 Å². The van der Waals surface area contributed by atoms with Crippen LogP contribution in [0.25, 0.3) is 11.0 Å². The summed E-state index contributed by atoms with van der Waals surface area (Å²) in [6.07, 6.45) is 2.71. The number of anilines is 1. The van der Waals surface area contributed by atoms with Gasteiger partial charge in [0.2, 0.25) is 0 Å². The maximum atomic E-state index is 11.8. The fourth-order valence-electron chi connectivity index (χ4n) is 1.88. The normalized spacial score (nSPS) is 11.9. The highest BCUT2D eigenvalue weighted by Crippen LogP contribution is 2.30. The van der Waals surface area contributed by atoms with Crippen LogP contribution in [-0.4, -0.2) is 29.6 Å². The maximum Gasteiger partial charge on any atom is 0.178 e. The predicted molar refractivity (Wildman–Crippen MR) is 82.0 cm³/mol. The van der Waals surface area contributed by atoms with Crippen LogP contribution in [0.3, 0.4) is 0 Å². The minimum Gasteiger partial charge on any atom is -0.399 e. The van der Waals surface area contributed by atoms with Crippen molar-refractivity contribution in [3.05, 3.63) is 36.5 Å². The summed E-state index contributed by atoms with van der Waals surface area (Å²) in [6, 6.07) is 8.48. The van der Waals surface area contributed by atoms with Crippen LogP contribution < -0.4 is 5.73 Å². The molecule has 0 unspecified atom stereocenters. The number of benzene rings is 1. The van der Waals surface area contributed by atoms with Crippen LogP contribution in [0.4, 0.5) is 5.69 Å². The number of rotatable bonds is 3. The van der Waals surface area contributed by atoms with Crippen molar-refractivity contribution < 1.29 is 8.42 Å². The molecule has 0 saturated heterocycles. The molecule has 3 N–H and O–H groups in total. The highest BCUT2D eigenvalue weighted by Gasteiger charge is 2.16. The van der Waals surface area contributed by atoms with E-state index in [1.807, 2.05) is 0 Å². The Morgan fingerprint density at radius 2 is 2.10 bits per heavy atom. The Bertz CT molecular complexity index is 919. The molecule has 0 aliphatic heterocycles. The smallest absolute Gasteiger partial charge is 0.178 e. The van der Waals surface area contributed by atoms with Gasteiger partial charge in [-0.3, -0.25) is 0 Å². The molecular weight excluding hydrogens is 308 g/mol. The minimum atomic E-state index is -3.34. The third kappa shape index (κ3) is 2.86. The molecule has 2 heterocycles. The van der Waals surface area contributed by atoms with Gasteiger partial charge in [-0.2, -0.15) is 0 Å². The monoisotopic (exact) mass is 320 g/mol. The zero-order valence-electron chi connectivity index (χ0n) is 11.1. The summed E-state index contributed by atoms with van der Waals surface area (Å²) in [5, 5.41) is 0.964. The highest BCUT2D eigenvalue weighted by molar-refractivity contribution is 8.00. The zero-order valence-corrected chi connectivity index (χ0v) is 12.7. The molecular formula is C13H12N4O2S2. The molecule has 0 saturated carbocycles. The molecule has 0 aliphatic carbocycles. The van der Waals surface area contributed by atoms with Crippen molar-refractivity contribution in [2.24, 2.45) is 0 Å². The number of fused-ring (bicyclic) bond motifs is 1. The molecule has 0 aliphatic rings. The van der Waals surface area contributed by atoms with Crippen molar-refractivity contribution >= 4 is 38.3 Å². The summed E-state index contributed by atoms with van der Waals surface area (Å²) < 4.78 is 23.5. The quantitative estimate of drug-likeness (QED) is 0.717. The Kier molecular flexibility index (Phi) is 3.34. The van der Waals surface area contributed by atoms with E-state index in [2.05, 4.69) is 15.0 Å². The second kappa shape index (κ2) is 5.05. The molecule has 21 heavy (non-hydrogen) atoms. The molecule has 0 spiro atoms. The largest absolute Gasteiger partial charge is 0.399 e. The van der Waals surface area contributed by atoms with Gasteiger partial charge in [0.15, 0.2) is 15.0 Å². The molecule has 1 aromatic carbocycles. The van der Waals surface area contributed by atoms with Crippen LogP contribution >= 0.6 is 11.8 Å². The van der Waals surface area contributed by atoms with Crippen LogP contribution in [-0.2, 0) is 9.84 Å². The van der Waals surface area contributed by atoms with Crippen LogP contribution in [0.2, 0.25) is 0 Å². The first-order valence-corrected chi connectivity index (χ1v) is 8.72. The van der Waals surface area contributed by atoms with E-state index in [9.17, 15) is 8.42 Å². The first kappa shape index (κ1) is 13.9. The number of H-pyrrole nitrogens is 1. The van der Waals surface area contributed by atoms with E-state index >= 15 is 0 Å². The van der Waals surface area contributed by atoms with Gasteiger partial charge in [-0.25, -0.2) is 18.4 Å². The number of hydrogen-bond acceptors (Lipinski definition) is 6. The second-order valence-electron chi connectivity index (χ2n) is 4.50. The minimum absolute atomic E-state index is 0.190. The van der Waals surface area contributed by atoms with Crippen molar-refractivity contribution in [1.29, 1.82) is 0 Å². The third-order valence-electron chi connectivity index (χ3n) is 2.81. The van der Waals surface area contributed by atoms with Gasteiger partial charge in [0, 0.05) is 18.1 Å². The molecule has 0 radical (unpaired) electrons. The molecule has 0 fully saturated rings. The molecule has 3 aromatic rings. The molecule has 8 heteroatoms. The van der Waals surface area contributed by atoms with Crippen molar-refractivity contribution in [2.75, 3.05) is 12.0 Å². The van der Waals surface area contributed by atoms with Gasteiger partial charge in [-0.1, -0.05) is 0 Å². The first-order valence-electron chi connectivity index (χ1n) is 6.02. The molecule has 2 aromatic heterocycles. The molecule has 108 valence electrons. The Hall–Kier alpha value is -2.06. The van der Waals surface area contributed by atoms with Crippen LogP contribution in [0.5, 0.6) is 0 Å². The Labute approximate surface area is 125 Å². The number of pyridine rings is 1. The van der Waals surface area contributed by atoms with Crippen LogP contribution in [0, 0.1) is 0 Å². The van der Waals surface area contributed by atoms with E-state index in [-0.39, 0.29) is 4.90 Å². The number of aromatic nitrogens is 3. The Morgan fingerprint density at radius 3 is 2.86 bits per heavy atom. The van der Waals surface area contributed by atoms with Crippen molar-refractivity contribution in [3.63, 3.8) is 0 Å². The number of imidazole rings is 1. The van der Waals surface area contributed by atoms with Gasteiger partial charge >= 0.3 is 0 Å². The maximum absolute atomic E-state index is 11.8. The molecule has 0 amide bonds. The average molecular weight is 320 g/mol. The number of nitrogens with two attached hydrogens (primary N) is 1. The van der Waals surface area contributed by atoms with Gasteiger partial charge < -0.3 is 10.7 Å². The number of nitrogens with one attached hydrogen (secondary N) is 1. The molecule has 0 atom stereocenters. The SMILES string of the molecule is CS(=O)(=O)c1cccnc1Sc1nc2ccc(N)cc2[nH]1. The lowest BCUT2D eigenvalue weighted by molar-refractivity contribution is 0.598. The lowest BCUT2D eigenvalue weighted by Gasteiger charge is -2.03. The highest BCUT2D eigenvalue weighted by atomic mass is 32.2. The average Bonchev–Trinajstić information content (AvgIpc) is 2.79. The zero-order chi connectivity index (χ0) is 15.0. The number of nitrogens with zero attached hydrogens (tertiary/aromatic N) is 2. The van der Waals surface area contributed by atoms with Crippen molar-refractivity contribution in [1.82, 2.24) is 15.0 Å². The first-order chi connectivity index (χ1) is 9.93. The number of nitrogen functional groups attached to an aromatic ring is 1. The van der Waals surface area contributed by atoms with E-state index in [1.54, 1.807) is 30.5 Å². The fourth-order valence-corrected chi connectivity index (χ4v) is 3.92. The van der Waals surface area contributed by atoms with Gasteiger partial charge in [0.1, 0.15) is 5.03 Å². The van der Waals surface area contributed by atoms with Gasteiger partial charge in [-0.05, 0) is 42.1 Å². The van der Waals surface area contributed by atoms with Gasteiger partial charge in [0.05, 0.1) is 15.9 Å². The summed E-state index contributed by atoms with van der Waals surface area (Å²) in [5.74, 6) is 0. The lowest BCUT2D eigenvalue weighted by atomic mass is 10.3. The van der Waals surface area contributed by atoms with E-state index in [0.29, 0.717) is 15.9 Å². The summed E-state index contributed by atoms with van der Waals surface area (Å²) >= 11 is 1.17. The van der Waals surface area contributed by atoms with E-state index in [4.69, 9.17) is 5.73 Å². The van der Waals surface area contributed by atoms with Gasteiger partial charge in [-0.15, -0.1) is 0 Å². The van der Waals surface area contributed by atoms with E-state index in [0.717, 1.165) is 17.3 Å². The summed E-state index contributed by atoms with van der Waals surface area (Å²) in [5.41, 5.74) is 7.92. The number of sulfone groups is 1. The topological polar surface area (TPSA) is 102 Å². The summed E-state index contributed by atoms with van der Waals surface area (Å²) in [6.45, 7) is 0. The predicted octanol–water partition coefficient (Wildman–Crippen LogP) is 2.09. The molecule has 6 nitrogen and oxygen atoms in total. The Morgan fingerprint density at radius 1 is 1.29 bits per heavy atom. The number of hydrogen-bond donors (Lipinski definition) is 2. The number of aromatic amines is 1. The Balaban J connectivity index is 2.03. The lowest BCUT2D eigenvalue weighted by Crippen LogP contribution is -2.00. The van der Waals surface area contributed by atoms with Crippen LogP contribution in [0.15, 0.2) is 51.6 Å². The van der Waals surface area contributed by atoms with Gasteiger partial charge in [0.25, 0.3) is 0 Å². The van der Waals surface area contributed by atoms with Crippen LogP contribution in [0.1, 0.15) is 0 Å². The second-order valence-corrected chi connectivity index (χ2v) is 7.46.